The molecule has 0 fully saturated rings. The Hall–Kier alpha value is -1.74. The smallest absolute Gasteiger partial charge is 0.212 e. The first-order chi connectivity index (χ1) is 8.25. The molecule has 0 radical (unpaired) electrons. The number of rotatable bonds is 0. The van der Waals surface area contributed by atoms with Gasteiger partial charge in [0.15, 0.2) is 0 Å². The monoisotopic (exact) mass is 247 g/mol. The summed E-state index contributed by atoms with van der Waals surface area (Å²) in [7, 11) is 0. The van der Waals surface area contributed by atoms with E-state index < -0.39 is 0 Å². The first-order valence-electron chi connectivity index (χ1n) is 5.36. The van der Waals surface area contributed by atoms with Gasteiger partial charge in [-0.2, -0.15) is 0 Å². The van der Waals surface area contributed by atoms with E-state index >= 15 is 0 Å². The van der Waals surface area contributed by atoms with Gasteiger partial charge in [0.2, 0.25) is 5.78 Å². The molecular weight excluding hydrogens is 238 g/mol. The van der Waals surface area contributed by atoms with Gasteiger partial charge in [0, 0.05) is 17.1 Å². The molecule has 1 N–H and O–H groups in total. The molecular formula is C13H10ClNO2. The zero-order chi connectivity index (χ0) is 11.8. The first-order valence-corrected chi connectivity index (χ1v) is 5.74. The predicted molar refractivity (Wildman–Crippen MR) is 65.4 cm³/mol. The Morgan fingerprint density at radius 1 is 1.35 bits per heavy atom. The second-order valence-corrected chi connectivity index (χ2v) is 4.38. The van der Waals surface area contributed by atoms with Gasteiger partial charge in [0.25, 0.3) is 0 Å². The van der Waals surface area contributed by atoms with Crippen molar-refractivity contribution in [1.29, 1.82) is 0 Å². The number of benzene rings is 1. The lowest BCUT2D eigenvalue weighted by Crippen LogP contribution is -2.25. The molecule has 3 nitrogen and oxygen atoms in total. The molecule has 0 saturated heterocycles. The van der Waals surface area contributed by atoms with Crippen molar-refractivity contribution in [2.45, 2.75) is 0 Å². The molecule has 0 saturated carbocycles. The van der Waals surface area contributed by atoms with Gasteiger partial charge in [-0.05, 0) is 18.2 Å². The largest absolute Gasteiger partial charge is 0.488 e. The van der Waals surface area contributed by atoms with Crippen LogP contribution in [0.4, 0.5) is 0 Å². The van der Waals surface area contributed by atoms with Crippen molar-refractivity contribution in [3.63, 3.8) is 0 Å². The van der Waals surface area contributed by atoms with Crippen LogP contribution in [0.5, 0.6) is 5.75 Å². The summed E-state index contributed by atoms with van der Waals surface area (Å²) in [6, 6.07) is 5.08. The van der Waals surface area contributed by atoms with E-state index in [4.69, 9.17) is 16.3 Å². The van der Waals surface area contributed by atoms with Crippen LogP contribution in [0.1, 0.15) is 10.4 Å². The highest BCUT2D eigenvalue weighted by Crippen LogP contribution is 2.29. The van der Waals surface area contributed by atoms with Crippen molar-refractivity contribution < 1.29 is 9.53 Å². The Bertz CT molecular complexity index is 561. The van der Waals surface area contributed by atoms with Crippen LogP contribution in [0, 0.1) is 0 Å². The van der Waals surface area contributed by atoms with Gasteiger partial charge in [-0.25, -0.2) is 0 Å². The van der Waals surface area contributed by atoms with E-state index in [1.54, 1.807) is 18.2 Å². The molecule has 17 heavy (non-hydrogen) atoms. The third-order valence-corrected chi connectivity index (χ3v) is 3.07. The minimum absolute atomic E-state index is 0.0338. The molecule has 0 unspecified atom stereocenters. The summed E-state index contributed by atoms with van der Waals surface area (Å²) in [5.41, 5.74) is 2.07. The molecule has 0 atom stereocenters. The van der Waals surface area contributed by atoms with Gasteiger partial charge in [0.1, 0.15) is 12.4 Å². The Kier molecular flexibility index (Phi) is 2.41. The Morgan fingerprint density at radius 3 is 3.12 bits per heavy atom. The highest BCUT2D eigenvalue weighted by molar-refractivity contribution is 6.31. The van der Waals surface area contributed by atoms with Crippen molar-refractivity contribution in [2.75, 3.05) is 13.2 Å². The van der Waals surface area contributed by atoms with Crippen LogP contribution >= 0.6 is 11.6 Å². The van der Waals surface area contributed by atoms with Crippen LogP contribution in [-0.2, 0) is 0 Å². The summed E-state index contributed by atoms with van der Waals surface area (Å²) in [5, 5.41) is 3.67. The number of halogens is 1. The van der Waals surface area contributed by atoms with Crippen LogP contribution in [0.3, 0.4) is 0 Å². The molecule has 2 aliphatic rings. The summed E-state index contributed by atoms with van der Waals surface area (Å²) in [6.45, 7) is 1.06. The van der Waals surface area contributed by atoms with Crippen molar-refractivity contribution in [3.05, 3.63) is 52.2 Å². The SMILES string of the molecule is O=C1C2=C(C=CCN2)COc2cc(Cl)ccc21. The number of fused-ring (bicyclic) bond motifs is 1. The molecule has 1 aromatic carbocycles. The van der Waals surface area contributed by atoms with E-state index in [0.717, 1.165) is 5.57 Å². The Balaban J connectivity index is 2.12. The number of ether oxygens (including phenoxy) is 1. The Labute approximate surface area is 104 Å². The minimum Gasteiger partial charge on any atom is -0.488 e. The Morgan fingerprint density at radius 2 is 2.24 bits per heavy atom. The third kappa shape index (κ3) is 1.72. The third-order valence-electron chi connectivity index (χ3n) is 2.84. The number of dihydropyridines is 1. The number of hydrogen-bond acceptors (Lipinski definition) is 3. The number of carbonyl (C=O) groups is 1. The van der Waals surface area contributed by atoms with E-state index in [2.05, 4.69) is 5.32 Å². The van der Waals surface area contributed by atoms with Gasteiger partial charge >= 0.3 is 0 Å². The fourth-order valence-electron chi connectivity index (χ4n) is 2.00. The maximum atomic E-state index is 12.3. The first kappa shape index (κ1) is 10.4. The predicted octanol–water partition coefficient (Wildman–Crippen LogP) is 2.33. The summed E-state index contributed by atoms with van der Waals surface area (Å²) in [5.74, 6) is 0.514. The number of nitrogens with one attached hydrogen (secondary N) is 1. The highest BCUT2D eigenvalue weighted by atomic mass is 35.5. The molecule has 0 aliphatic carbocycles. The molecule has 2 heterocycles. The molecule has 3 rings (SSSR count). The van der Waals surface area contributed by atoms with Crippen molar-refractivity contribution in [1.82, 2.24) is 5.32 Å². The van der Waals surface area contributed by atoms with E-state index in [1.165, 1.54) is 0 Å². The molecule has 0 amide bonds. The quantitative estimate of drug-likeness (QED) is 0.765. The van der Waals surface area contributed by atoms with Crippen molar-refractivity contribution in [3.8, 4) is 5.75 Å². The lowest BCUT2D eigenvalue weighted by atomic mass is 10.0. The normalized spacial score (nSPS) is 17.8. The molecule has 2 aliphatic heterocycles. The van der Waals surface area contributed by atoms with Crippen molar-refractivity contribution >= 4 is 17.4 Å². The molecule has 0 spiro atoms. The number of carbonyl (C=O) groups excluding carboxylic acids is 1. The van der Waals surface area contributed by atoms with Crippen LogP contribution in [0.25, 0.3) is 0 Å². The topological polar surface area (TPSA) is 38.3 Å². The second-order valence-electron chi connectivity index (χ2n) is 3.94. The molecule has 0 aromatic heterocycles. The second kappa shape index (κ2) is 3.93. The lowest BCUT2D eigenvalue weighted by Gasteiger charge is -2.13. The van der Waals surface area contributed by atoms with Gasteiger partial charge in [-0.1, -0.05) is 23.8 Å². The standard InChI is InChI=1S/C13H10ClNO2/c14-9-3-4-10-11(6-9)17-7-8-2-1-5-15-12(8)13(10)16/h1-4,6,15H,5,7H2. The summed E-state index contributed by atoms with van der Waals surface area (Å²) in [6.07, 6.45) is 3.90. The van der Waals surface area contributed by atoms with Gasteiger partial charge < -0.3 is 10.1 Å². The number of ketones is 1. The average Bonchev–Trinajstić information content (AvgIpc) is 2.48. The zero-order valence-electron chi connectivity index (χ0n) is 9.00. The summed E-state index contributed by atoms with van der Waals surface area (Å²) in [4.78, 5) is 12.3. The van der Waals surface area contributed by atoms with E-state index in [-0.39, 0.29) is 5.78 Å². The minimum atomic E-state index is -0.0338. The van der Waals surface area contributed by atoms with Crippen LogP contribution < -0.4 is 10.1 Å². The summed E-state index contributed by atoms with van der Waals surface area (Å²) >= 11 is 5.90. The van der Waals surface area contributed by atoms with Crippen LogP contribution in [0.15, 0.2) is 41.6 Å². The molecule has 1 aromatic rings. The van der Waals surface area contributed by atoms with Crippen LogP contribution in [0.2, 0.25) is 5.02 Å². The average molecular weight is 248 g/mol. The van der Waals surface area contributed by atoms with Crippen LogP contribution in [-0.4, -0.2) is 18.9 Å². The number of hydrogen-bond donors (Lipinski definition) is 1. The number of Topliss-reactive ketones (excluding diaryl/α,β-unsaturated/α-hetero) is 1. The fourth-order valence-corrected chi connectivity index (χ4v) is 2.16. The zero-order valence-corrected chi connectivity index (χ0v) is 9.75. The van der Waals surface area contributed by atoms with Gasteiger partial charge in [0.05, 0.1) is 11.3 Å². The highest BCUT2D eigenvalue weighted by Gasteiger charge is 2.24. The van der Waals surface area contributed by atoms with E-state index in [0.29, 0.717) is 35.2 Å². The fraction of sp³-hybridized carbons (Fsp3) is 0.154. The van der Waals surface area contributed by atoms with Gasteiger partial charge in [-0.3, -0.25) is 4.79 Å². The lowest BCUT2D eigenvalue weighted by molar-refractivity contribution is 0.102. The maximum absolute atomic E-state index is 12.3. The maximum Gasteiger partial charge on any atom is 0.212 e. The van der Waals surface area contributed by atoms with E-state index in [1.807, 2.05) is 12.2 Å². The van der Waals surface area contributed by atoms with Crippen molar-refractivity contribution in [2.24, 2.45) is 0 Å². The number of allylic oxidation sites excluding steroid dienone is 1. The summed E-state index contributed by atoms with van der Waals surface area (Å²) < 4.78 is 5.61. The molecule has 4 heteroatoms. The van der Waals surface area contributed by atoms with Gasteiger partial charge in [-0.15, -0.1) is 0 Å². The molecule has 86 valence electrons. The molecule has 0 bridgehead atoms. The van der Waals surface area contributed by atoms with E-state index in [9.17, 15) is 4.79 Å².